The first kappa shape index (κ1) is 107. The van der Waals surface area contributed by atoms with Gasteiger partial charge in [-0.05, 0) is 192 Å². The van der Waals surface area contributed by atoms with Crippen LogP contribution in [-0.4, -0.2) is 112 Å². The summed E-state index contributed by atoms with van der Waals surface area (Å²) in [4.78, 5) is 56.6. The van der Waals surface area contributed by atoms with Crippen LogP contribution in [0, 0.1) is 35.5 Å². The second-order valence-electron chi connectivity index (χ2n) is 36.4. The van der Waals surface area contributed by atoms with Crippen molar-refractivity contribution in [3.8, 4) is 0 Å². The molecule has 111 heavy (non-hydrogen) atoms. The Morgan fingerprint density at radius 1 is 0.288 bits per heavy atom. The first-order valence-electron chi connectivity index (χ1n) is 49.9. The van der Waals surface area contributed by atoms with E-state index in [9.17, 15) is 19.2 Å². The first-order valence-corrected chi connectivity index (χ1v) is 49.9. The zero-order valence-corrected chi connectivity index (χ0v) is 76.3. The molecule has 1 rings (SSSR count). The van der Waals surface area contributed by atoms with Crippen molar-refractivity contribution in [2.75, 3.05) is 66.3 Å². The van der Waals surface area contributed by atoms with Crippen LogP contribution in [0.25, 0.3) is 0 Å². The van der Waals surface area contributed by atoms with Crippen LogP contribution < -0.4 is 0 Å². The molecule has 0 amide bonds. The standard InChI is InChI=1S/C100H194N2O9/c1-11-17-39-62-91(63-40-18-12-2)76-84-110-97(103)74-51-32-26-25-31-49-72-96(107-81-58-55-78-101(10)89(7)8)73-50-33-34-52-75-98(104)111-85-77-92(64-41-19-13-3)71-59-61-90(9)60-45-37-48-68-94(67-44-22-16-6)87-100(106)108-82-56-35-27-23-24-29-46-69-95(88-102-79-53-38-54-80-102)70-47-30-28-36-57-83-109-99(105)86-93(65-42-20-14-4)66-43-21-15-5/h89-96H,11-88H2,1-10H3. The topological polar surface area (TPSA) is 121 Å². The summed E-state index contributed by atoms with van der Waals surface area (Å²) < 4.78 is 29.8. The van der Waals surface area contributed by atoms with Crippen LogP contribution in [-0.2, 0) is 42.9 Å². The van der Waals surface area contributed by atoms with Crippen molar-refractivity contribution < 1.29 is 42.9 Å². The summed E-state index contributed by atoms with van der Waals surface area (Å²) in [6, 6.07) is 0.571. The Morgan fingerprint density at radius 2 is 0.595 bits per heavy atom. The van der Waals surface area contributed by atoms with Crippen LogP contribution >= 0.6 is 0 Å². The molecule has 11 nitrogen and oxygen atoms in total. The van der Waals surface area contributed by atoms with Crippen molar-refractivity contribution in [2.24, 2.45) is 35.5 Å². The van der Waals surface area contributed by atoms with E-state index < -0.39 is 0 Å². The summed E-state index contributed by atoms with van der Waals surface area (Å²) in [5, 5.41) is 0. The van der Waals surface area contributed by atoms with Gasteiger partial charge in [-0.2, -0.15) is 0 Å². The first-order chi connectivity index (χ1) is 54.3. The predicted molar refractivity (Wildman–Crippen MR) is 477 cm³/mol. The molecule has 0 aromatic heterocycles. The number of ether oxygens (including phenoxy) is 5. The largest absolute Gasteiger partial charge is 0.466 e. The van der Waals surface area contributed by atoms with Crippen LogP contribution in [0.1, 0.15) is 505 Å². The smallest absolute Gasteiger partial charge is 0.306 e. The number of rotatable bonds is 87. The summed E-state index contributed by atoms with van der Waals surface area (Å²) in [5.74, 6) is 3.90. The van der Waals surface area contributed by atoms with E-state index in [-0.39, 0.29) is 23.9 Å². The fourth-order valence-corrected chi connectivity index (χ4v) is 17.4. The number of piperidine rings is 1. The average molecular weight is 1570 g/mol. The Balaban J connectivity index is 2.35. The van der Waals surface area contributed by atoms with Crippen LogP contribution in [0.5, 0.6) is 0 Å². The molecule has 5 atom stereocenters. The molecule has 1 aliphatic rings. The third-order valence-corrected chi connectivity index (χ3v) is 25.4. The molecule has 0 radical (unpaired) electrons. The van der Waals surface area contributed by atoms with E-state index in [1.165, 1.54) is 334 Å². The van der Waals surface area contributed by atoms with Crippen molar-refractivity contribution in [1.82, 2.24) is 9.80 Å². The van der Waals surface area contributed by atoms with Gasteiger partial charge in [0.15, 0.2) is 0 Å². The summed E-state index contributed by atoms with van der Waals surface area (Å²) in [6.45, 7) is 28.8. The lowest BCUT2D eigenvalue weighted by molar-refractivity contribution is -0.146. The Kier molecular flexibility index (Phi) is 78.4. The molecule has 1 heterocycles. The van der Waals surface area contributed by atoms with E-state index in [1.54, 1.807) is 0 Å². The highest BCUT2D eigenvalue weighted by Gasteiger charge is 2.21. The monoisotopic (exact) mass is 1570 g/mol. The Labute approximate surface area is 692 Å². The number of likely N-dealkylation sites (tertiary alicyclic amines) is 1. The second kappa shape index (κ2) is 81.5. The van der Waals surface area contributed by atoms with Crippen molar-refractivity contribution in [3.05, 3.63) is 0 Å². The lowest BCUT2D eigenvalue weighted by Crippen LogP contribution is -2.34. The van der Waals surface area contributed by atoms with E-state index in [1.807, 2.05) is 0 Å². The number of carbonyl (C=O) groups excluding carboxylic acids is 4. The second-order valence-corrected chi connectivity index (χ2v) is 36.4. The van der Waals surface area contributed by atoms with E-state index in [2.05, 4.69) is 79.2 Å². The number of hydrogen-bond acceptors (Lipinski definition) is 11. The molecular formula is C100H194N2O9. The molecule has 0 aromatic rings. The Morgan fingerprint density at radius 3 is 1.00 bits per heavy atom. The van der Waals surface area contributed by atoms with Gasteiger partial charge in [-0.15, -0.1) is 0 Å². The molecule has 0 aliphatic carbocycles. The predicted octanol–water partition coefficient (Wildman–Crippen LogP) is 30.0. The highest BCUT2D eigenvalue weighted by molar-refractivity contribution is 5.70. The van der Waals surface area contributed by atoms with Gasteiger partial charge in [-0.1, -0.05) is 350 Å². The molecule has 0 bridgehead atoms. The summed E-state index contributed by atoms with van der Waals surface area (Å²) >= 11 is 0. The molecule has 1 saturated heterocycles. The quantitative estimate of drug-likeness (QED) is 0.0329. The maximum atomic E-state index is 13.2. The van der Waals surface area contributed by atoms with E-state index in [0.29, 0.717) is 87.9 Å². The van der Waals surface area contributed by atoms with E-state index >= 15 is 0 Å². The van der Waals surface area contributed by atoms with Gasteiger partial charge in [-0.25, -0.2) is 0 Å². The molecular weight excluding hydrogens is 1370 g/mol. The average Bonchev–Trinajstić information content (AvgIpc) is 0.925. The van der Waals surface area contributed by atoms with Crippen LogP contribution in [0.3, 0.4) is 0 Å². The van der Waals surface area contributed by atoms with Gasteiger partial charge in [-0.3, -0.25) is 19.2 Å². The third kappa shape index (κ3) is 71.6. The van der Waals surface area contributed by atoms with Gasteiger partial charge < -0.3 is 33.5 Å². The van der Waals surface area contributed by atoms with Crippen molar-refractivity contribution in [1.29, 1.82) is 0 Å². The fraction of sp³-hybridized carbons (Fsp3) is 0.960. The highest BCUT2D eigenvalue weighted by atomic mass is 16.5. The highest BCUT2D eigenvalue weighted by Crippen LogP contribution is 2.30. The van der Waals surface area contributed by atoms with Gasteiger partial charge in [0.25, 0.3) is 0 Å². The summed E-state index contributed by atoms with van der Waals surface area (Å²) in [5.41, 5.74) is 0. The molecule has 11 heteroatoms. The van der Waals surface area contributed by atoms with Crippen molar-refractivity contribution in [2.45, 2.75) is 517 Å². The minimum Gasteiger partial charge on any atom is -0.466 e. The fourth-order valence-electron chi connectivity index (χ4n) is 17.4. The zero-order valence-electron chi connectivity index (χ0n) is 76.3. The maximum absolute atomic E-state index is 13.2. The van der Waals surface area contributed by atoms with Crippen LogP contribution in [0.2, 0.25) is 0 Å². The van der Waals surface area contributed by atoms with E-state index in [4.69, 9.17) is 23.7 Å². The molecule has 0 N–H and O–H groups in total. The number of hydrogen-bond donors (Lipinski definition) is 0. The van der Waals surface area contributed by atoms with Gasteiger partial charge in [0.2, 0.25) is 0 Å². The van der Waals surface area contributed by atoms with Crippen LogP contribution in [0.15, 0.2) is 0 Å². The summed E-state index contributed by atoms with van der Waals surface area (Å²) in [7, 11) is 2.22. The number of carbonyl (C=O) groups is 4. The number of esters is 4. The zero-order chi connectivity index (χ0) is 80.8. The minimum atomic E-state index is -0.0145. The van der Waals surface area contributed by atoms with Gasteiger partial charge >= 0.3 is 23.9 Å². The summed E-state index contributed by atoms with van der Waals surface area (Å²) in [6.07, 6.45) is 81.9. The lowest BCUT2D eigenvalue weighted by Gasteiger charge is -2.30. The molecule has 0 aromatic carbocycles. The van der Waals surface area contributed by atoms with Gasteiger partial charge in [0.05, 0.1) is 32.5 Å². The van der Waals surface area contributed by atoms with Gasteiger partial charge in [0.1, 0.15) is 0 Å². The van der Waals surface area contributed by atoms with Gasteiger partial charge in [0, 0.05) is 44.9 Å². The maximum Gasteiger partial charge on any atom is 0.306 e. The number of unbranched alkanes of at least 4 members (excludes halogenated alkanes) is 33. The Hall–Kier alpha value is -2.24. The number of nitrogens with zero attached hydrogens (tertiary/aromatic N) is 2. The Bertz CT molecular complexity index is 1960. The molecule has 0 spiro atoms. The molecule has 1 fully saturated rings. The molecule has 5 unspecified atom stereocenters. The molecule has 0 saturated carbocycles. The van der Waals surface area contributed by atoms with E-state index in [0.717, 1.165) is 128 Å². The SMILES string of the molecule is CCCCCC(CCCCC)CCOC(=O)CCCCCCCCC(CCCCCCC(=O)OCCC(CCCCC)CCCC(C)CCCCCC(CCCCC)CC(=O)OCCCCCCCCCC(CCCCCCCOC(=O)CC(CCCCC)CCCCC)CN1CCCCC1)OCCCCN(C)C(C)C. The van der Waals surface area contributed by atoms with Crippen molar-refractivity contribution in [3.63, 3.8) is 0 Å². The van der Waals surface area contributed by atoms with Crippen LogP contribution in [0.4, 0.5) is 0 Å². The normalized spacial score (nSPS) is 14.3. The molecule has 658 valence electrons. The molecule has 1 aliphatic heterocycles. The van der Waals surface area contributed by atoms with Crippen molar-refractivity contribution >= 4 is 23.9 Å². The third-order valence-electron chi connectivity index (χ3n) is 25.4. The minimum absolute atomic E-state index is 0.00294. The lowest BCUT2D eigenvalue weighted by atomic mass is 9.89.